The van der Waals surface area contributed by atoms with E-state index >= 15 is 0 Å². The molecule has 1 aromatic carbocycles. The lowest BCUT2D eigenvalue weighted by Crippen LogP contribution is -2.30. The van der Waals surface area contributed by atoms with Gasteiger partial charge in [0.15, 0.2) is 16.6 Å². The third kappa shape index (κ3) is 5.34. The quantitative estimate of drug-likeness (QED) is 0.354. The number of pyridine rings is 1. The Morgan fingerprint density at radius 3 is 2.38 bits per heavy atom. The molecule has 2 aromatic heterocycles. The maximum absolute atomic E-state index is 12.8. The molecule has 1 N–H and O–H groups in total. The number of benzene rings is 1. The van der Waals surface area contributed by atoms with E-state index in [1.807, 2.05) is 0 Å². The molecule has 0 unspecified atom stereocenters. The van der Waals surface area contributed by atoms with Crippen LogP contribution in [0.15, 0.2) is 52.6 Å². The van der Waals surface area contributed by atoms with Gasteiger partial charge in [-0.15, -0.1) is 10.2 Å². The van der Waals surface area contributed by atoms with Crippen molar-refractivity contribution in [2.45, 2.75) is 37.2 Å². The standard InChI is InChI=1S/C21H25N5O4S2/c1-4-25(5-2)32(29,30)18-10-11-19-23-24-21(26(19)14-18)31-13-12-20(28)22-17-8-6-16(7-9-17)15(3)27/h6-11,14H,4-5,12-13H2,1-3H3,(H,22,28). The second-order valence-corrected chi connectivity index (χ2v) is 9.95. The molecule has 0 aliphatic rings. The van der Waals surface area contributed by atoms with Crippen LogP contribution in [0.25, 0.3) is 5.65 Å². The summed E-state index contributed by atoms with van der Waals surface area (Å²) >= 11 is 1.32. The maximum Gasteiger partial charge on any atom is 0.244 e. The normalized spacial score (nSPS) is 11.8. The minimum absolute atomic E-state index is 0.0344. The van der Waals surface area contributed by atoms with Crippen LogP contribution < -0.4 is 5.32 Å². The number of thioether (sulfide) groups is 1. The van der Waals surface area contributed by atoms with Crippen LogP contribution in [0, 0.1) is 0 Å². The van der Waals surface area contributed by atoms with E-state index in [-0.39, 0.29) is 23.0 Å². The van der Waals surface area contributed by atoms with E-state index < -0.39 is 10.0 Å². The van der Waals surface area contributed by atoms with Gasteiger partial charge in [-0.3, -0.25) is 14.0 Å². The smallest absolute Gasteiger partial charge is 0.244 e. The van der Waals surface area contributed by atoms with Gasteiger partial charge in [-0.05, 0) is 43.3 Å². The van der Waals surface area contributed by atoms with Crippen molar-refractivity contribution in [3.63, 3.8) is 0 Å². The molecular weight excluding hydrogens is 450 g/mol. The van der Waals surface area contributed by atoms with E-state index in [2.05, 4.69) is 15.5 Å². The van der Waals surface area contributed by atoms with Gasteiger partial charge < -0.3 is 5.32 Å². The van der Waals surface area contributed by atoms with Gasteiger partial charge >= 0.3 is 0 Å². The van der Waals surface area contributed by atoms with Gasteiger partial charge in [-0.25, -0.2) is 8.42 Å². The molecule has 0 saturated carbocycles. The predicted molar refractivity (Wildman–Crippen MR) is 124 cm³/mol. The summed E-state index contributed by atoms with van der Waals surface area (Å²) < 4.78 is 28.6. The number of nitrogens with one attached hydrogen (secondary N) is 1. The molecule has 11 heteroatoms. The van der Waals surface area contributed by atoms with Gasteiger partial charge in [-0.1, -0.05) is 25.6 Å². The largest absolute Gasteiger partial charge is 0.326 e. The average Bonchev–Trinajstić information content (AvgIpc) is 3.17. The number of sulfonamides is 1. The summed E-state index contributed by atoms with van der Waals surface area (Å²) in [5.74, 6) is 0.227. The molecule has 9 nitrogen and oxygen atoms in total. The lowest BCUT2D eigenvalue weighted by Gasteiger charge is -2.18. The second kappa shape index (κ2) is 10.2. The van der Waals surface area contributed by atoms with Gasteiger partial charge in [0.2, 0.25) is 15.9 Å². The molecule has 3 rings (SSSR count). The van der Waals surface area contributed by atoms with Crippen LogP contribution in [-0.2, 0) is 14.8 Å². The summed E-state index contributed by atoms with van der Waals surface area (Å²) in [6.07, 6.45) is 1.74. The molecule has 170 valence electrons. The van der Waals surface area contributed by atoms with Crippen LogP contribution in [-0.4, -0.2) is 57.9 Å². The number of amides is 1. The Morgan fingerprint density at radius 1 is 1.06 bits per heavy atom. The number of rotatable bonds is 10. The lowest BCUT2D eigenvalue weighted by molar-refractivity contribution is -0.115. The van der Waals surface area contributed by atoms with Crippen molar-refractivity contribution >= 4 is 44.8 Å². The average molecular weight is 476 g/mol. The Balaban J connectivity index is 1.65. The second-order valence-electron chi connectivity index (χ2n) is 6.95. The van der Waals surface area contributed by atoms with Gasteiger partial charge in [0.25, 0.3) is 0 Å². The first kappa shape index (κ1) is 23.9. The molecule has 2 heterocycles. The summed E-state index contributed by atoms with van der Waals surface area (Å²) in [6.45, 7) is 5.84. The minimum Gasteiger partial charge on any atom is -0.326 e. The predicted octanol–water partition coefficient (Wildman–Crippen LogP) is 3.08. The van der Waals surface area contributed by atoms with Gasteiger partial charge in [0, 0.05) is 42.7 Å². The minimum atomic E-state index is -3.60. The number of hydrogen-bond donors (Lipinski definition) is 1. The van der Waals surface area contributed by atoms with E-state index in [9.17, 15) is 18.0 Å². The highest BCUT2D eigenvalue weighted by atomic mass is 32.2. The molecule has 32 heavy (non-hydrogen) atoms. The number of hydrogen-bond acceptors (Lipinski definition) is 7. The molecule has 0 fully saturated rings. The first-order valence-electron chi connectivity index (χ1n) is 10.1. The van der Waals surface area contributed by atoms with Crippen molar-refractivity contribution in [2.75, 3.05) is 24.2 Å². The van der Waals surface area contributed by atoms with Crippen molar-refractivity contribution in [3.05, 3.63) is 48.2 Å². The molecule has 0 saturated heterocycles. The van der Waals surface area contributed by atoms with E-state index in [1.165, 1.54) is 35.3 Å². The molecular formula is C21H25N5O4S2. The first-order valence-corrected chi connectivity index (χ1v) is 12.6. The van der Waals surface area contributed by atoms with Gasteiger partial charge in [0.05, 0.1) is 4.90 Å². The summed E-state index contributed by atoms with van der Waals surface area (Å²) in [7, 11) is -3.60. The Morgan fingerprint density at radius 2 is 1.75 bits per heavy atom. The van der Waals surface area contributed by atoms with Crippen LogP contribution in [0.2, 0.25) is 0 Å². The van der Waals surface area contributed by atoms with Crippen LogP contribution in [0.4, 0.5) is 5.69 Å². The summed E-state index contributed by atoms with van der Waals surface area (Å²) in [6, 6.07) is 9.84. The highest BCUT2D eigenvalue weighted by Crippen LogP contribution is 2.22. The zero-order chi connectivity index (χ0) is 23.3. The highest BCUT2D eigenvalue weighted by Gasteiger charge is 2.22. The number of fused-ring (bicyclic) bond motifs is 1. The van der Waals surface area contributed by atoms with E-state index in [1.54, 1.807) is 48.6 Å². The van der Waals surface area contributed by atoms with E-state index in [4.69, 9.17) is 0 Å². The third-order valence-corrected chi connectivity index (χ3v) is 7.80. The third-order valence-electron chi connectivity index (χ3n) is 4.82. The molecule has 0 aliphatic carbocycles. The fourth-order valence-corrected chi connectivity index (χ4v) is 5.37. The zero-order valence-electron chi connectivity index (χ0n) is 18.1. The molecule has 1 amide bonds. The Kier molecular flexibility index (Phi) is 7.64. The molecule has 3 aromatic rings. The Hall–Kier alpha value is -2.76. The van der Waals surface area contributed by atoms with Gasteiger partial charge in [0.1, 0.15) is 0 Å². The van der Waals surface area contributed by atoms with Crippen LogP contribution in [0.3, 0.4) is 0 Å². The number of carbonyl (C=O) groups is 2. The lowest BCUT2D eigenvalue weighted by atomic mass is 10.1. The maximum atomic E-state index is 12.8. The number of anilines is 1. The van der Waals surface area contributed by atoms with Crippen molar-refractivity contribution < 1.29 is 18.0 Å². The van der Waals surface area contributed by atoms with E-state index in [0.29, 0.717) is 40.9 Å². The van der Waals surface area contributed by atoms with Crippen LogP contribution >= 0.6 is 11.8 Å². The number of carbonyl (C=O) groups excluding carboxylic acids is 2. The van der Waals surface area contributed by atoms with Gasteiger partial charge in [-0.2, -0.15) is 4.31 Å². The monoisotopic (exact) mass is 475 g/mol. The summed E-state index contributed by atoms with van der Waals surface area (Å²) in [5.41, 5.74) is 1.73. The van der Waals surface area contributed by atoms with Crippen molar-refractivity contribution in [2.24, 2.45) is 0 Å². The molecule has 0 bridgehead atoms. The molecule has 0 aliphatic heterocycles. The topological polar surface area (TPSA) is 114 Å². The summed E-state index contributed by atoms with van der Waals surface area (Å²) in [4.78, 5) is 23.7. The zero-order valence-corrected chi connectivity index (χ0v) is 19.7. The molecule has 0 spiro atoms. The Bertz CT molecular complexity index is 1220. The number of nitrogens with zero attached hydrogens (tertiary/aromatic N) is 4. The number of aromatic nitrogens is 3. The molecule has 0 atom stereocenters. The summed E-state index contributed by atoms with van der Waals surface area (Å²) in [5, 5.41) is 11.5. The van der Waals surface area contributed by atoms with E-state index in [0.717, 1.165) is 0 Å². The highest BCUT2D eigenvalue weighted by molar-refractivity contribution is 7.99. The Labute approximate surface area is 191 Å². The SMILES string of the molecule is CCN(CC)S(=O)(=O)c1ccc2nnc(SCCC(=O)Nc3ccc(C(C)=O)cc3)n2c1. The molecule has 0 radical (unpaired) electrons. The number of ketones is 1. The van der Waals surface area contributed by atoms with Crippen molar-refractivity contribution in [1.29, 1.82) is 0 Å². The van der Waals surface area contributed by atoms with Crippen LogP contribution in [0.5, 0.6) is 0 Å². The fraction of sp³-hybridized carbons (Fsp3) is 0.333. The number of Topliss-reactive ketones (excluding diaryl/α,β-unsaturated/α-hetero) is 1. The fourth-order valence-electron chi connectivity index (χ4n) is 3.06. The van der Waals surface area contributed by atoms with Crippen LogP contribution in [0.1, 0.15) is 37.6 Å². The van der Waals surface area contributed by atoms with Crippen molar-refractivity contribution in [1.82, 2.24) is 18.9 Å². The first-order chi connectivity index (χ1) is 15.3. The van der Waals surface area contributed by atoms with Crippen molar-refractivity contribution in [3.8, 4) is 0 Å².